The van der Waals surface area contributed by atoms with E-state index in [2.05, 4.69) is 62.3 Å². The molecule has 1 fully saturated rings. The molecule has 3 rings (SSSR count). The van der Waals surface area contributed by atoms with Crippen LogP contribution < -0.4 is 0 Å². The molecule has 0 aliphatic heterocycles. The first-order chi connectivity index (χ1) is 9.54. The maximum atomic E-state index is 4.85. The van der Waals surface area contributed by atoms with E-state index < -0.39 is 0 Å². The Bertz CT molecular complexity index is 523. The molecule has 0 aromatic heterocycles. The van der Waals surface area contributed by atoms with Gasteiger partial charge in [-0.2, -0.15) is 0 Å². The van der Waals surface area contributed by atoms with E-state index in [4.69, 9.17) is 4.99 Å². The molecule has 2 aliphatic carbocycles. The van der Waals surface area contributed by atoms with Crippen molar-refractivity contribution in [1.82, 2.24) is 9.80 Å². The highest BCUT2D eigenvalue weighted by Gasteiger charge is 2.57. The molecule has 0 amide bonds. The van der Waals surface area contributed by atoms with Crippen molar-refractivity contribution in [2.24, 2.45) is 10.9 Å². The minimum Gasteiger partial charge on any atom is -0.349 e. The van der Waals surface area contributed by atoms with Gasteiger partial charge in [0.05, 0.1) is 0 Å². The number of rotatable bonds is 2. The monoisotopic (exact) mass is 271 g/mol. The van der Waals surface area contributed by atoms with Crippen molar-refractivity contribution in [2.75, 3.05) is 34.7 Å². The van der Waals surface area contributed by atoms with Crippen LogP contribution in [0.2, 0.25) is 0 Å². The van der Waals surface area contributed by atoms with Gasteiger partial charge in [-0.1, -0.05) is 24.3 Å². The summed E-state index contributed by atoms with van der Waals surface area (Å²) in [5.41, 5.74) is 3.64. The molecule has 0 saturated heterocycles. The van der Waals surface area contributed by atoms with Gasteiger partial charge in [0, 0.05) is 40.2 Å². The Morgan fingerprint density at radius 3 is 2.60 bits per heavy atom. The van der Waals surface area contributed by atoms with Crippen LogP contribution in [-0.2, 0) is 11.8 Å². The van der Waals surface area contributed by atoms with Crippen LogP contribution in [0.15, 0.2) is 29.3 Å². The van der Waals surface area contributed by atoms with E-state index in [0.717, 1.165) is 18.4 Å². The van der Waals surface area contributed by atoms with E-state index in [9.17, 15) is 0 Å². The van der Waals surface area contributed by atoms with Gasteiger partial charge in [0.2, 0.25) is 0 Å². The van der Waals surface area contributed by atoms with Crippen molar-refractivity contribution in [2.45, 2.75) is 24.7 Å². The number of nitrogens with zero attached hydrogens (tertiary/aromatic N) is 3. The second kappa shape index (κ2) is 4.80. The lowest BCUT2D eigenvalue weighted by Crippen LogP contribution is -2.35. The third kappa shape index (κ3) is 2.09. The van der Waals surface area contributed by atoms with Gasteiger partial charge in [-0.15, -0.1) is 0 Å². The van der Waals surface area contributed by atoms with E-state index in [1.165, 1.54) is 19.3 Å². The Morgan fingerprint density at radius 2 is 1.90 bits per heavy atom. The zero-order chi connectivity index (χ0) is 14.3. The highest BCUT2D eigenvalue weighted by molar-refractivity contribution is 5.79. The van der Waals surface area contributed by atoms with Crippen LogP contribution in [-0.4, -0.2) is 50.5 Å². The molecule has 0 bridgehead atoms. The molecule has 1 aromatic rings. The molecule has 108 valence electrons. The summed E-state index contributed by atoms with van der Waals surface area (Å²) in [5, 5.41) is 0. The summed E-state index contributed by atoms with van der Waals surface area (Å²) >= 11 is 0. The zero-order valence-electron chi connectivity index (χ0n) is 13.1. The van der Waals surface area contributed by atoms with Crippen LogP contribution >= 0.6 is 0 Å². The Labute approximate surface area is 122 Å². The second-order valence-corrected chi connectivity index (χ2v) is 6.64. The largest absolute Gasteiger partial charge is 0.349 e. The van der Waals surface area contributed by atoms with Crippen LogP contribution in [0.4, 0.5) is 0 Å². The maximum absolute atomic E-state index is 4.85. The highest BCUT2D eigenvalue weighted by atomic mass is 15.3. The van der Waals surface area contributed by atoms with Gasteiger partial charge in [0.1, 0.15) is 0 Å². The molecule has 2 atom stereocenters. The molecule has 0 radical (unpaired) electrons. The Balaban J connectivity index is 1.73. The van der Waals surface area contributed by atoms with E-state index in [0.29, 0.717) is 5.41 Å². The maximum Gasteiger partial charge on any atom is 0.195 e. The molecule has 1 spiro atoms. The van der Waals surface area contributed by atoms with Gasteiger partial charge in [-0.25, -0.2) is 0 Å². The van der Waals surface area contributed by atoms with Crippen LogP contribution in [0, 0.1) is 5.92 Å². The molecule has 0 N–H and O–H groups in total. The lowest BCUT2D eigenvalue weighted by molar-refractivity contribution is 0.476. The standard InChI is InChI=1S/C17H25N3/c1-19(2)16(20(3)4)18-12-14-11-17(14)10-9-13-7-5-6-8-15(13)17/h5-8,14H,9-12H2,1-4H3/t14-,17+/m1/s1. The zero-order valence-corrected chi connectivity index (χ0v) is 13.1. The fourth-order valence-corrected chi connectivity index (χ4v) is 3.85. The lowest BCUT2D eigenvalue weighted by Gasteiger charge is -2.22. The Hall–Kier alpha value is -1.51. The van der Waals surface area contributed by atoms with Crippen molar-refractivity contribution in [3.05, 3.63) is 35.4 Å². The molecule has 0 heterocycles. The first-order valence-electron chi connectivity index (χ1n) is 7.52. The normalized spacial score (nSPS) is 26.3. The third-order valence-corrected chi connectivity index (χ3v) is 4.88. The van der Waals surface area contributed by atoms with Crippen molar-refractivity contribution < 1.29 is 0 Å². The molecular weight excluding hydrogens is 246 g/mol. The van der Waals surface area contributed by atoms with Gasteiger partial charge in [0.25, 0.3) is 0 Å². The molecule has 3 nitrogen and oxygen atoms in total. The second-order valence-electron chi connectivity index (χ2n) is 6.64. The van der Waals surface area contributed by atoms with Crippen LogP contribution in [0.3, 0.4) is 0 Å². The number of fused-ring (bicyclic) bond motifs is 2. The van der Waals surface area contributed by atoms with Crippen molar-refractivity contribution in [3.63, 3.8) is 0 Å². The van der Waals surface area contributed by atoms with E-state index in [1.807, 2.05) is 0 Å². The summed E-state index contributed by atoms with van der Waals surface area (Å²) in [4.78, 5) is 9.03. The predicted octanol–water partition coefficient (Wildman–Crippen LogP) is 2.37. The summed E-state index contributed by atoms with van der Waals surface area (Å²) in [6.07, 6.45) is 3.90. The van der Waals surface area contributed by atoms with Crippen LogP contribution in [0.1, 0.15) is 24.0 Å². The van der Waals surface area contributed by atoms with Gasteiger partial charge >= 0.3 is 0 Å². The summed E-state index contributed by atoms with van der Waals surface area (Å²) in [6.45, 7) is 0.958. The van der Waals surface area contributed by atoms with Gasteiger partial charge in [0.15, 0.2) is 5.96 Å². The topological polar surface area (TPSA) is 18.8 Å². The minimum atomic E-state index is 0.462. The Kier molecular flexibility index (Phi) is 3.23. The SMILES string of the molecule is CN(C)C(=NC[C@H]1C[C@@]12CCc1ccccc12)N(C)C. The Morgan fingerprint density at radius 1 is 1.20 bits per heavy atom. The fourth-order valence-electron chi connectivity index (χ4n) is 3.85. The van der Waals surface area contributed by atoms with E-state index in [1.54, 1.807) is 11.1 Å². The number of aryl methyl sites for hydroxylation is 1. The average Bonchev–Trinajstić information content (AvgIpc) is 2.97. The molecule has 3 heteroatoms. The summed E-state index contributed by atoms with van der Waals surface area (Å²) < 4.78 is 0. The molecule has 0 unspecified atom stereocenters. The van der Waals surface area contributed by atoms with Gasteiger partial charge in [-0.3, -0.25) is 4.99 Å². The van der Waals surface area contributed by atoms with E-state index >= 15 is 0 Å². The van der Waals surface area contributed by atoms with Crippen LogP contribution in [0.5, 0.6) is 0 Å². The van der Waals surface area contributed by atoms with Crippen LogP contribution in [0.25, 0.3) is 0 Å². The number of guanidine groups is 1. The summed E-state index contributed by atoms with van der Waals surface area (Å²) in [6, 6.07) is 9.00. The van der Waals surface area contributed by atoms with Crippen molar-refractivity contribution in [3.8, 4) is 0 Å². The summed E-state index contributed by atoms with van der Waals surface area (Å²) in [5.74, 6) is 1.80. The van der Waals surface area contributed by atoms with Gasteiger partial charge < -0.3 is 9.80 Å². The fraction of sp³-hybridized carbons (Fsp3) is 0.588. The lowest BCUT2D eigenvalue weighted by atomic mass is 9.95. The number of aliphatic imine (C=N–C) groups is 1. The summed E-state index contributed by atoms with van der Waals surface area (Å²) in [7, 11) is 8.25. The smallest absolute Gasteiger partial charge is 0.195 e. The number of hydrogen-bond donors (Lipinski definition) is 0. The van der Waals surface area contributed by atoms with E-state index in [-0.39, 0.29) is 0 Å². The predicted molar refractivity (Wildman–Crippen MR) is 84.2 cm³/mol. The molecule has 2 aliphatic rings. The molecular formula is C17H25N3. The third-order valence-electron chi connectivity index (χ3n) is 4.88. The minimum absolute atomic E-state index is 0.462. The molecule has 1 aromatic carbocycles. The average molecular weight is 271 g/mol. The van der Waals surface area contributed by atoms with Crippen molar-refractivity contribution >= 4 is 5.96 Å². The molecule has 1 saturated carbocycles. The number of hydrogen-bond acceptors (Lipinski definition) is 1. The van der Waals surface area contributed by atoms with Crippen molar-refractivity contribution in [1.29, 1.82) is 0 Å². The van der Waals surface area contributed by atoms with Gasteiger partial charge in [-0.05, 0) is 36.3 Å². The highest BCUT2D eigenvalue weighted by Crippen LogP contribution is 2.61. The quantitative estimate of drug-likeness (QED) is 0.607. The first kappa shape index (κ1) is 13.5. The first-order valence-corrected chi connectivity index (χ1v) is 7.52. The molecule has 20 heavy (non-hydrogen) atoms. The number of benzene rings is 1.